The van der Waals surface area contributed by atoms with Crippen molar-refractivity contribution >= 4 is 45.9 Å². The quantitative estimate of drug-likeness (QED) is 0.686. The second-order valence-corrected chi connectivity index (χ2v) is 9.32. The molecule has 4 rings (SSSR count). The zero-order valence-electron chi connectivity index (χ0n) is 14.8. The number of hydrogen-bond donors (Lipinski definition) is 0. The molecule has 2 aromatic rings. The first kappa shape index (κ1) is 18.2. The van der Waals surface area contributed by atoms with E-state index in [4.69, 9.17) is 12.2 Å². The van der Waals surface area contributed by atoms with E-state index in [1.54, 1.807) is 18.3 Å². The first-order valence-electron chi connectivity index (χ1n) is 8.93. The first-order valence-corrected chi connectivity index (χ1v) is 11.1. The highest BCUT2D eigenvalue weighted by Gasteiger charge is 2.34. The predicted octanol–water partition coefficient (Wildman–Crippen LogP) is 3.03. The van der Waals surface area contributed by atoms with Gasteiger partial charge >= 0.3 is 0 Å². The van der Waals surface area contributed by atoms with Crippen LogP contribution >= 0.6 is 34.9 Å². The van der Waals surface area contributed by atoms with E-state index < -0.39 is 0 Å². The second kappa shape index (κ2) is 7.85. The van der Waals surface area contributed by atoms with E-state index >= 15 is 0 Å². The first-order chi connectivity index (χ1) is 12.6. The third kappa shape index (κ3) is 4.23. The molecule has 1 aliphatic heterocycles. The van der Waals surface area contributed by atoms with Gasteiger partial charge in [-0.25, -0.2) is 4.68 Å². The Bertz CT molecular complexity index is 803. The largest absolute Gasteiger partial charge is 0.297 e. The van der Waals surface area contributed by atoms with Crippen molar-refractivity contribution < 1.29 is 4.79 Å². The number of amides is 1. The van der Waals surface area contributed by atoms with Crippen molar-refractivity contribution in [3.63, 3.8) is 0 Å². The van der Waals surface area contributed by atoms with Crippen LogP contribution in [-0.4, -0.2) is 57.7 Å². The summed E-state index contributed by atoms with van der Waals surface area (Å²) < 4.78 is 2.62. The third-order valence-corrected chi connectivity index (χ3v) is 6.88. The maximum atomic E-state index is 11.9. The Kier molecular flexibility index (Phi) is 5.51. The Balaban J connectivity index is 1.35. The molecule has 0 atom stereocenters. The van der Waals surface area contributed by atoms with Crippen LogP contribution in [0.4, 0.5) is 5.13 Å². The molecule has 0 N–H and O–H groups in total. The molecule has 2 fully saturated rings. The lowest BCUT2D eigenvalue weighted by Crippen LogP contribution is -2.46. The van der Waals surface area contributed by atoms with Crippen LogP contribution in [0, 0.1) is 3.95 Å². The smallest absolute Gasteiger partial charge is 0.225 e. The molecule has 1 amide bonds. The van der Waals surface area contributed by atoms with Crippen LogP contribution in [0.5, 0.6) is 0 Å². The van der Waals surface area contributed by atoms with Gasteiger partial charge in [-0.1, -0.05) is 11.3 Å². The van der Waals surface area contributed by atoms with Gasteiger partial charge in [-0.2, -0.15) is 11.3 Å². The molecule has 0 aromatic carbocycles. The molecule has 140 valence electrons. The average molecular weight is 410 g/mol. The molecule has 0 bridgehead atoms. The normalized spacial score (nSPS) is 19.0. The number of aromatic nitrogens is 2. The van der Waals surface area contributed by atoms with Gasteiger partial charge in [-0.15, -0.1) is 5.10 Å². The highest BCUT2D eigenvalue weighted by atomic mass is 32.1. The van der Waals surface area contributed by atoms with Crippen molar-refractivity contribution in [3.8, 4) is 0 Å². The second-order valence-electron chi connectivity index (χ2n) is 6.94. The molecule has 1 saturated heterocycles. The third-order valence-electron chi connectivity index (χ3n) is 4.84. The van der Waals surface area contributed by atoms with Crippen molar-refractivity contribution in [3.05, 3.63) is 26.3 Å². The van der Waals surface area contributed by atoms with E-state index in [0.29, 0.717) is 12.7 Å². The molecule has 3 heterocycles. The minimum atomic E-state index is 0.0606. The number of rotatable bonds is 6. The highest BCUT2D eigenvalue weighted by molar-refractivity contribution is 7.73. The Morgan fingerprint density at radius 3 is 2.65 bits per heavy atom. The molecule has 1 aliphatic carbocycles. The van der Waals surface area contributed by atoms with Crippen LogP contribution in [0.1, 0.15) is 25.3 Å². The lowest BCUT2D eigenvalue weighted by Gasteiger charge is -2.34. The van der Waals surface area contributed by atoms with Gasteiger partial charge in [0.25, 0.3) is 0 Å². The fourth-order valence-corrected chi connectivity index (χ4v) is 5.14. The number of carbonyl (C=O) groups excluding carboxylic acids is 1. The Morgan fingerprint density at radius 1 is 1.31 bits per heavy atom. The number of hydrogen-bond acceptors (Lipinski definition) is 7. The van der Waals surface area contributed by atoms with E-state index in [1.807, 2.05) is 9.58 Å². The number of anilines is 1. The average Bonchev–Trinajstić information content (AvgIpc) is 3.17. The summed E-state index contributed by atoms with van der Waals surface area (Å²) in [5.41, 5.74) is 1.40. The predicted molar refractivity (Wildman–Crippen MR) is 108 cm³/mol. The molecule has 6 nitrogen and oxygen atoms in total. The zero-order valence-corrected chi connectivity index (χ0v) is 17.3. The summed E-state index contributed by atoms with van der Waals surface area (Å²) in [5, 5.41) is 9.76. The maximum Gasteiger partial charge on any atom is 0.225 e. The van der Waals surface area contributed by atoms with Crippen LogP contribution in [0.15, 0.2) is 16.8 Å². The van der Waals surface area contributed by atoms with Crippen molar-refractivity contribution in [2.45, 2.75) is 39.0 Å². The zero-order chi connectivity index (χ0) is 18.1. The maximum absolute atomic E-state index is 11.9. The highest BCUT2D eigenvalue weighted by Crippen LogP contribution is 2.33. The van der Waals surface area contributed by atoms with Crippen molar-refractivity contribution in [1.82, 2.24) is 19.6 Å². The summed E-state index contributed by atoms with van der Waals surface area (Å²) in [6, 6.07) is 2.52. The van der Waals surface area contributed by atoms with Gasteiger partial charge in [0.05, 0.1) is 6.67 Å². The number of carbonyl (C=O) groups is 1. The summed E-state index contributed by atoms with van der Waals surface area (Å²) in [5.74, 6) is 0.0606. The molecule has 0 unspecified atom stereocenters. The minimum Gasteiger partial charge on any atom is -0.297 e. The van der Waals surface area contributed by atoms with Crippen molar-refractivity contribution in [2.75, 3.05) is 31.1 Å². The molecule has 9 heteroatoms. The van der Waals surface area contributed by atoms with Gasteiger partial charge in [0.15, 0.2) is 3.95 Å². The monoisotopic (exact) mass is 409 g/mol. The topological polar surface area (TPSA) is 44.6 Å². The SMILES string of the molecule is CC(=O)N(c1nn(CN2CCN(Cc3ccsc3)CC2)c(=S)s1)C1CC1. The molecule has 1 saturated carbocycles. The number of thiophene rings is 1. The summed E-state index contributed by atoms with van der Waals surface area (Å²) in [4.78, 5) is 18.6. The van der Waals surface area contributed by atoms with Gasteiger partial charge in [-0.05, 0) is 47.4 Å². The van der Waals surface area contributed by atoms with Gasteiger partial charge < -0.3 is 0 Å². The fourth-order valence-electron chi connectivity index (χ4n) is 3.28. The summed E-state index contributed by atoms with van der Waals surface area (Å²) >= 11 is 8.70. The molecule has 2 aliphatic rings. The molecule has 0 spiro atoms. The van der Waals surface area contributed by atoms with Crippen LogP contribution in [0.2, 0.25) is 0 Å². The van der Waals surface area contributed by atoms with Crippen LogP contribution < -0.4 is 4.90 Å². The van der Waals surface area contributed by atoms with Crippen molar-refractivity contribution in [1.29, 1.82) is 0 Å². The van der Waals surface area contributed by atoms with Gasteiger partial charge in [0.2, 0.25) is 11.0 Å². The summed E-state index contributed by atoms with van der Waals surface area (Å²) in [7, 11) is 0. The van der Waals surface area contributed by atoms with E-state index in [0.717, 1.165) is 54.7 Å². The van der Waals surface area contributed by atoms with Crippen LogP contribution in [0.3, 0.4) is 0 Å². The van der Waals surface area contributed by atoms with E-state index in [9.17, 15) is 4.79 Å². The molecule has 2 aromatic heterocycles. The lowest BCUT2D eigenvalue weighted by atomic mass is 10.2. The van der Waals surface area contributed by atoms with E-state index in [-0.39, 0.29) is 5.91 Å². The molecular weight excluding hydrogens is 386 g/mol. The Labute approximate surface area is 166 Å². The Hall–Kier alpha value is -1.13. The van der Waals surface area contributed by atoms with E-state index in [1.165, 1.54) is 16.9 Å². The lowest BCUT2D eigenvalue weighted by molar-refractivity contribution is -0.116. The molecule has 0 radical (unpaired) electrons. The molecular formula is C17H23N5OS3. The van der Waals surface area contributed by atoms with E-state index in [2.05, 4.69) is 31.7 Å². The summed E-state index contributed by atoms with van der Waals surface area (Å²) in [6.07, 6.45) is 2.13. The summed E-state index contributed by atoms with van der Waals surface area (Å²) in [6.45, 7) is 7.49. The van der Waals surface area contributed by atoms with Crippen LogP contribution in [-0.2, 0) is 18.0 Å². The van der Waals surface area contributed by atoms with Crippen LogP contribution in [0.25, 0.3) is 0 Å². The molecule has 26 heavy (non-hydrogen) atoms. The number of nitrogens with zero attached hydrogens (tertiary/aromatic N) is 5. The Morgan fingerprint density at radius 2 is 2.04 bits per heavy atom. The van der Waals surface area contributed by atoms with Gasteiger partial charge in [-0.3, -0.25) is 19.5 Å². The minimum absolute atomic E-state index is 0.0606. The number of piperazine rings is 1. The van der Waals surface area contributed by atoms with Gasteiger partial charge in [0.1, 0.15) is 0 Å². The van der Waals surface area contributed by atoms with Crippen molar-refractivity contribution in [2.24, 2.45) is 0 Å². The fraction of sp³-hybridized carbons (Fsp3) is 0.588. The standard InChI is InChI=1S/C17H23N5OS3/c1-13(23)22(15-2-3-15)16-18-21(17(24)26-16)12-20-7-5-19(6-8-20)10-14-4-9-25-11-14/h4,9,11,15H,2-3,5-8,10,12H2,1H3. The van der Waals surface area contributed by atoms with Gasteiger partial charge in [0, 0.05) is 45.7 Å².